The minimum atomic E-state index is -0.185. The number of nitrogens with two attached hydrogens (primary N) is 1. The van der Waals surface area contributed by atoms with Gasteiger partial charge in [-0.2, -0.15) is 10.1 Å². The molecule has 6 heteroatoms. The number of ether oxygens (including phenoxy) is 1. The molecule has 6 nitrogen and oxygen atoms in total. The van der Waals surface area contributed by atoms with E-state index in [0.717, 1.165) is 0 Å². The first-order valence-corrected chi connectivity index (χ1v) is 6.63. The van der Waals surface area contributed by atoms with Crippen molar-refractivity contribution in [3.05, 3.63) is 24.3 Å². The second-order valence-corrected chi connectivity index (χ2v) is 6.06. The Morgan fingerprint density at radius 2 is 1.95 bits per heavy atom. The van der Waals surface area contributed by atoms with E-state index in [1.807, 2.05) is 31.6 Å². The van der Waals surface area contributed by atoms with Gasteiger partial charge < -0.3 is 10.5 Å². The first-order valence-electron chi connectivity index (χ1n) is 6.63. The molecule has 0 saturated carbocycles. The Morgan fingerprint density at radius 3 is 2.50 bits per heavy atom. The van der Waals surface area contributed by atoms with Crippen LogP contribution < -0.4 is 10.5 Å². The molecular formula is C14H21N5O. The highest BCUT2D eigenvalue weighted by Crippen LogP contribution is 2.25. The lowest BCUT2D eigenvalue weighted by Crippen LogP contribution is -2.17. The molecule has 0 spiro atoms. The maximum atomic E-state index is 5.81. The van der Waals surface area contributed by atoms with Gasteiger partial charge in [0.15, 0.2) is 5.75 Å². The monoisotopic (exact) mass is 275 g/mol. The van der Waals surface area contributed by atoms with Gasteiger partial charge in [-0.05, 0) is 13.8 Å². The van der Waals surface area contributed by atoms with E-state index in [1.165, 1.54) is 0 Å². The molecule has 20 heavy (non-hydrogen) atoms. The van der Waals surface area contributed by atoms with Crippen LogP contribution in [0, 0.1) is 0 Å². The number of hydrogen-bond acceptors (Lipinski definition) is 5. The van der Waals surface area contributed by atoms with Gasteiger partial charge in [-0.3, -0.25) is 4.68 Å². The van der Waals surface area contributed by atoms with Crippen LogP contribution in [0.25, 0.3) is 0 Å². The highest BCUT2D eigenvalue weighted by molar-refractivity contribution is 5.36. The molecular weight excluding hydrogens is 254 g/mol. The van der Waals surface area contributed by atoms with Crippen LogP contribution in [-0.2, 0) is 5.41 Å². The number of hydrogen-bond donors (Lipinski definition) is 1. The summed E-state index contributed by atoms with van der Waals surface area (Å²) in [6, 6.07) is 1.90. The van der Waals surface area contributed by atoms with E-state index in [4.69, 9.17) is 10.5 Å². The van der Waals surface area contributed by atoms with Crippen molar-refractivity contribution in [2.24, 2.45) is 0 Å². The summed E-state index contributed by atoms with van der Waals surface area (Å²) >= 11 is 0. The zero-order chi connectivity index (χ0) is 14.9. The van der Waals surface area contributed by atoms with Crippen molar-refractivity contribution in [3.8, 4) is 11.6 Å². The molecule has 0 radical (unpaired) electrons. The fraction of sp³-hybridized carbons (Fsp3) is 0.500. The molecule has 2 heterocycles. The van der Waals surface area contributed by atoms with Crippen molar-refractivity contribution in [2.45, 2.75) is 46.1 Å². The van der Waals surface area contributed by atoms with E-state index in [-0.39, 0.29) is 11.5 Å². The smallest absolute Gasteiger partial charge is 0.224 e. The third-order valence-electron chi connectivity index (χ3n) is 2.72. The molecule has 0 saturated heterocycles. The van der Waals surface area contributed by atoms with Gasteiger partial charge in [0.2, 0.25) is 5.88 Å². The topological polar surface area (TPSA) is 78.9 Å². The molecule has 0 aliphatic rings. The van der Waals surface area contributed by atoms with Gasteiger partial charge in [-0.1, -0.05) is 20.8 Å². The zero-order valence-electron chi connectivity index (χ0n) is 12.6. The molecule has 2 aromatic rings. The van der Waals surface area contributed by atoms with Gasteiger partial charge in [0, 0.05) is 17.5 Å². The number of nitrogens with zero attached hydrogens (tertiary/aromatic N) is 4. The van der Waals surface area contributed by atoms with E-state index in [0.29, 0.717) is 23.3 Å². The van der Waals surface area contributed by atoms with Crippen molar-refractivity contribution < 1.29 is 4.74 Å². The first-order chi connectivity index (χ1) is 9.25. The van der Waals surface area contributed by atoms with Crippen LogP contribution in [0.2, 0.25) is 0 Å². The Bertz CT molecular complexity index is 598. The summed E-state index contributed by atoms with van der Waals surface area (Å²) in [6.45, 7) is 10.2. The van der Waals surface area contributed by atoms with Gasteiger partial charge in [0.1, 0.15) is 11.6 Å². The van der Waals surface area contributed by atoms with Crippen molar-refractivity contribution in [1.82, 2.24) is 19.7 Å². The lowest BCUT2D eigenvalue weighted by atomic mass is 9.96. The van der Waals surface area contributed by atoms with Gasteiger partial charge in [-0.25, -0.2) is 4.98 Å². The van der Waals surface area contributed by atoms with Crippen LogP contribution in [-0.4, -0.2) is 19.7 Å². The average molecular weight is 275 g/mol. The maximum Gasteiger partial charge on any atom is 0.224 e. The zero-order valence-corrected chi connectivity index (χ0v) is 12.6. The van der Waals surface area contributed by atoms with Crippen LogP contribution in [0.15, 0.2) is 18.5 Å². The Kier molecular flexibility index (Phi) is 3.65. The number of aromatic nitrogens is 4. The van der Waals surface area contributed by atoms with Gasteiger partial charge in [-0.15, -0.1) is 0 Å². The molecule has 2 rings (SSSR count). The van der Waals surface area contributed by atoms with E-state index in [2.05, 4.69) is 28.9 Å². The number of nitrogen functional groups attached to an aromatic ring is 1. The minimum absolute atomic E-state index is 0.185. The molecule has 0 aliphatic carbocycles. The molecule has 0 amide bonds. The van der Waals surface area contributed by atoms with Gasteiger partial charge in [0.25, 0.3) is 0 Å². The Morgan fingerprint density at radius 1 is 1.25 bits per heavy atom. The quantitative estimate of drug-likeness (QED) is 0.931. The van der Waals surface area contributed by atoms with Gasteiger partial charge in [0.05, 0.1) is 12.4 Å². The van der Waals surface area contributed by atoms with E-state index in [9.17, 15) is 0 Å². The van der Waals surface area contributed by atoms with E-state index >= 15 is 0 Å². The summed E-state index contributed by atoms with van der Waals surface area (Å²) < 4.78 is 7.54. The predicted octanol–water partition coefficient (Wildman–Crippen LogP) is 2.93. The SMILES string of the molecule is CC(C)n1cc(Oc2cc(N)nc(C(C)(C)C)n2)cn1. The molecule has 0 atom stereocenters. The molecule has 108 valence electrons. The average Bonchev–Trinajstić information content (AvgIpc) is 2.75. The molecule has 0 unspecified atom stereocenters. The van der Waals surface area contributed by atoms with E-state index in [1.54, 1.807) is 12.3 Å². The number of anilines is 1. The summed E-state index contributed by atoms with van der Waals surface area (Å²) in [4.78, 5) is 8.65. The Hall–Kier alpha value is -2.11. The summed E-state index contributed by atoms with van der Waals surface area (Å²) in [5.74, 6) is 2.13. The normalized spacial score (nSPS) is 11.9. The summed E-state index contributed by atoms with van der Waals surface area (Å²) in [7, 11) is 0. The highest BCUT2D eigenvalue weighted by Gasteiger charge is 2.19. The highest BCUT2D eigenvalue weighted by atomic mass is 16.5. The fourth-order valence-electron chi connectivity index (χ4n) is 1.61. The van der Waals surface area contributed by atoms with E-state index < -0.39 is 0 Å². The Labute approximate surface area is 119 Å². The fourth-order valence-corrected chi connectivity index (χ4v) is 1.61. The second-order valence-electron chi connectivity index (χ2n) is 6.06. The standard InChI is InChI=1S/C14H21N5O/c1-9(2)19-8-10(7-16-19)20-12-6-11(15)17-13(18-12)14(3,4)5/h6-9H,1-5H3,(H2,15,17,18). The summed E-state index contributed by atoms with van der Waals surface area (Å²) in [5, 5.41) is 4.22. The lowest BCUT2D eigenvalue weighted by Gasteiger charge is -2.17. The lowest BCUT2D eigenvalue weighted by molar-refractivity contribution is 0.444. The van der Waals surface area contributed by atoms with Crippen LogP contribution in [0.5, 0.6) is 11.6 Å². The summed E-state index contributed by atoms with van der Waals surface area (Å²) in [5.41, 5.74) is 5.63. The minimum Gasteiger partial charge on any atom is -0.436 e. The molecule has 0 fully saturated rings. The van der Waals surface area contributed by atoms with Crippen LogP contribution in [0.3, 0.4) is 0 Å². The van der Waals surface area contributed by atoms with Crippen molar-refractivity contribution in [2.75, 3.05) is 5.73 Å². The molecule has 0 aromatic carbocycles. The van der Waals surface area contributed by atoms with Gasteiger partial charge >= 0.3 is 0 Å². The first kappa shape index (κ1) is 14.3. The third-order valence-corrected chi connectivity index (χ3v) is 2.72. The van der Waals surface area contributed by atoms with Crippen LogP contribution in [0.4, 0.5) is 5.82 Å². The summed E-state index contributed by atoms with van der Waals surface area (Å²) in [6.07, 6.45) is 3.49. The van der Waals surface area contributed by atoms with Crippen molar-refractivity contribution >= 4 is 5.82 Å². The maximum absolute atomic E-state index is 5.81. The predicted molar refractivity (Wildman–Crippen MR) is 77.8 cm³/mol. The van der Waals surface area contributed by atoms with Crippen molar-refractivity contribution in [1.29, 1.82) is 0 Å². The van der Waals surface area contributed by atoms with Crippen molar-refractivity contribution in [3.63, 3.8) is 0 Å². The molecule has 2 aromatic heterocycles. The molecule has 2 N–H and O–H groups in total. The number of rotatable bonds is 3. The molecule has 0 bridgehead atoms. The van der Waals surface area contributed by atoms with Crippen LogP contribution in [0.1, 0.15) is 46.5 Å². The third kappa shape index (κ3) is 3.26. The second kappa shape index (κ2) is 5.11. The largest absolute Gasteiger partial charge is 0.436 e. The van der Waals surface area contributed by atoms with Crippen LogP contribution >= 0.6 is 0 Å². The molecule has 0 aliphatic heterocycles. The Balaban J connectivity index is 2.26.